The van der Waals surface area contributed by atoms with Crippen molar-refractivity contribution in [2.45, 2.75) is 23.8 Å². The third kappa shape index (κ3) is 6.88. The van der Waals surface area contributed by atoms with E-state index in [0.717, 1.165) is 6.07 Å². The lowest BCUT2D eigenvalue weighted by atomic mass is 10.1. The van der Waals surface area contributed by atoms with Gasteiger partial charge in [-0.3, -0.25) is 0 Å². The van der Waals surface area contributed by atoms with Crippen LogP contribution in [0, 0.1) is 5.82 Å². The van der Waals surface area contributed by atoms with E-state index < -0.39 is 45.2 Å². The predicted octanol–water partition coefficient (Wildman–Crippen LogP) is 5.08. The van der Waals surface area contributed by atoms with Crippen molar-refractivity contribution in [1.82, 2.24) is 15.0 Å². The first-order valence-corrected chi connectivity index (χ1v) is 12.4. The molecule has 0 amide bonds. The SMILES string of the molecule is NS(=O)(=O)c1ccc(CNc2nc(NCC(F)(F)F)c3nc(-c4ccc(F)cc4)ccc3n2)cc1C(F)(F)F. The van der Waals surface area contributed by atoms with E-state index in [-0.39, 0.29) is 34.9 Å². The zero-order valence-electron chi connectivity index (χ0n) is 19.4. The highest BCUT2D eigenvalue weighted by Crippen LogP contribution is 2.34. The maximum atomic E-state index is 13.4. The average molecular weight is 574 g/mol. The molecule has 0 atom stereocenters. The molecule has 0 fully saturated rings. The summed E-state index contributed by atoms with van der Waals surface area (Å²) in [5, 5.41) is 9.64. The van der Waals surface area contributed by atoms with Crippen LogP contribution in [0.4, 0.5) is 42.5 Å². The highest BCUT2D eigenvalue weighted by molar-refractivity contribution is 7.89. The standard InChI is InChI=1S/C23H17F7N6O2S/c24-14-4-2-13(3-5-14)16-6-7-17-19(34-16)20(33-11-22(25,26)27)36-21(35-17)32-10-12-1-8-18(39(31,37)38)15(9-12)23(28,29)30/h1-9H,10-11H2,(H2,31,37,38)(H2,32,33,35,36). The lowest BCUT2D eigenvalue weighted by Crippen LogP contribution is -2.22. The summed E-state index contributed by atoms with van der Waals surface area (Å²) in [5.74, 6) is -1.05. The van der Waals surface area contributed by atoms with Gasteiger partial charge in [0.25, 0.3) is 0 Å². The fraction of sp³-hybridized carbons (Fsp3) is 0.174. The molecule has 0 bridgehead atoms. The Labute approximate surface area is 216 Å². The molecule has 2 aromatic carbocycles. The number of anilines is 2. The number of nitrogens with two attached hydrogens (primary N) is 1. The third-order valence-corrected chi connectivity index (χ3v) is 6.21. The number of nitrogens with one attached hydrogen (secondary N) is 2. The lowest BCUT2D eigenvalue weighted by molar-refractivity contribution is -0.140. The molecule has 2 heterocycles. The summed E-state index contributed by atoms with van der Waals surface area (Å²) in [6.07, 6.45) is -9.64. The Bertz CT molecular complexity index is 1630. The Balaban J connectivity index is 1.69. The first kappa shape index (κ1) is 28.0. The number of hydrogen-bond donors (Lipinski definition) is 3. The van der Waals surface area contributed by atoms with Gasteiger partial charge in [0.15, 0.2) is 5.82 Å². The Hall–Kier alpha value is -4.05. The van der Waals surface area contributed by atoms with Crippen LogP contribution in [0.3, 0.4) is 0 Å². The number of pyridine rings is 1. The van der Waals surface area contributed by atoms with Gasteiger partial charge in [0.1, 0.15) is 17.9 Å². The number of halogens is 7. The van der Waals surface area contributed by atoms with Gasteiger partial charge < -0.3 is 10.6 Å². The number of alkyl halides is 6. The number of hydrogen-bond acceptors (Lipinski definition) is 7. The monoisotopic (exact) mass is 574 g/mol. The van der Waals surface area contributed by atoms with E-state index in [2.05, 4.69) is 25.6 Å². The van der Waals surface area contributed by atoms with Crippen molar-refractivity contribution >= 4 is 32.8 Å². The fourth-order valence-corrected chi connectivity index (χ4v) is 4.26. The first-order valence-electron chi connectivity index (χ1n) is 10.8. The Morgan fingerprint density at radius 2 is 1.54 bits per heavy atom. The molecule has 39 heavy (non-hydrogen) atoms. The van der Waals surface area contributed by atoms with E-state index in [1.165, 1.54) is 36.4 Å². The molecule has 0 aliphatic rings. The van der Waals surface area contributed by atoms with Crippen LogP contribution < -0.4 is 15.8 Å². The molecule has 4 N–H and O–H groups in total. The van der Waals surface area contributed by atoms with Crippen LogP contribution in [0.15, 0.2) is 59.5 Å². The molecular weight excluding hydrogens is 557 g/mol. The second kappa shape index (κ2) is 10.3. The highest BCUT2D eigenvalue weighted by Gasteiger charge is 2.36. The number of sulfonamides is 1. The fourth-order valence-electron chi connectivity index (χ4n) is 3.52. The van der Waals surface area contributed by atoms with Crippen LogP contribution in [0.1, 0.15) is 11.1 Å². The zero-order valence-corrected chi connectivity index (χ0v) is 20.2. The van der Waals surface area contributed by atoms with E-state index >= 15 is 0 Å². The number of aromatic nitrogens is 3. The summed E-state index contributed by atoms with van der Waals surface area (Å²) in [6.45, 7) is -1.82. The van der Waals surface area contributed by atoms with Gasteiger partial charge in [0.05, 0.1) is 21.7 Å². The summed E-state index contributed by atoms with van der Waals surface area (Å²) in [6, 6.07) is 10.5. The van der Waals surface area contributed by atoms with Crippen LogP contribution in [-0.2, 0) is 22.7 Å². The molecule has 0 unspecified atom stereocenters. The summed E-state index contributed by atoms with van der Waals surface area (Å²) >= 11 is 0. The van der Waals surface area contributed by atoms with E-state index in [1.54, 1.807) is 0 Å². The number of rotatable bonds is 7. The van der Waals surface area contributed by atoms with Crippen molar-refractivity contribution in [3.05, 3.63) is 71.5 Å². The summed E-state index contributed by atoms with van der Waals surface area (Å²) < 4.78 is 115. The van der Waals surface area contributed by atoms with Crippen molar-refractivity contribution < 1.29 is 39.2 Å². The molecule has 0 aliphatic carbocycles. The van der Waals surface area contributed by atoms with Crippen LogP contribution >= 0.6 is 0 Å². The molecule has 0 radical (unpaired) electrons. The maximum Gasteiger partial charge on any atom is 0.417 e. The zero-order chi connectivity index (χ0) is 28.6. The number of primary sulfonamides is 1. The smallest absolute Gasteiger partial charge is 0.359 e. The van der Waals surface area contributed by atoms with Crippen LogP contribution in [0.25, 0.3) is 22.3 Å². The summed E-state index contributed by atoms with van der Waals surface area (Å²) in [4.78, 5) is 11.4. The normalized spacial score (nSPS) is 12.5. The Kier molecular flexibility index (Phi) is 7.36. The van der Waals surface area contributed by atoms with E-state index in [9.17, 15) is 39.2 Å². The third-order valence-electron chi connectivity index (χ3n) is 5.25. The quantitative estimate of drug-likeness (QED) is 0.263. The molecule has 4 aromatic rings. The Morgan fingerprint density at radius 3 is 2.15 bits per heavy atom. The number of benzene rings is 2. The van der Waals surface area contributed by atoms with E-state index in [0.29, 0.717) is 23.4 Å². The van der Waals surface area contributed by atoms with E-state index in [4.69, 9.17) is 5.14 Å². The van der Waals surface area contributed by atoms with Crippen LogP contribution in [0.2, 0.25) is 0 Å². The second-order valence-corrected chi connectivity index (χ2v) is 9.69. The number of fused-ring (bicyclic) bond motifs is 1. The molecule has 4 rings (SSSR count). The summed E-state index contributed by atoms with van der Waals surface area (Å²) in [7, 11) is -4.67. The van der Waals surface area contributed by atoms with Gasteiger partial charge in [-0.05, 0) is 54.1 Å². The van der Waals surface area contributed by atoms with Gasteiger partial charge in [-0.15, -0.1) is 0 Å². The molecule has 8 nitrogen and oxygen atoms in total. The second-order valence-electron chi connectivity index (χ2n) is 8.16. The van der Waals surface area contributed by atoms with Gasteiger partial charge in [-0.1, -0.05) is 6.07 Å². The molecule has 2 aromatic heterocycles. The van der Waals surface area contributed by atoms with Gasteiger partial charge in [0.2, 0.25) is 16.0 Å². The average Bonchev–Trinajstić information content (AvgIpc) is 2.84. The largest absolute Gasteiger partial charge is 0.417 e. The first-order chi connectivity index (χ1) is 18.1. The molecule has 0 saturated heterocycles. The maximum absolute atomic E-state index is 13.4. The lowest BCUT2D eigenvalue weighted by Gasteiger charge is -2.15. The molecule has 206 valence electrons. The van der Waals surface area contributed by atoms with Gasteiger partial charge >= 0.3 is 12.4 Å². The predicted molar refractivity (Wildman–Crippen MR) is 127 cm³/mol. The minimum Gasteiger partial charge on any atom is -0.359 e. The van der Waals surface area contributed by atoms with Gasteiger partial charge in [-0.25, -0.2) is 27.9 Å². The van der Waals surface area contributed by atoms with Crippen molar-refractivity contribution in [1.29, 1.82) is 0 Å². The van der Waals surface area contributed by atoms with Crippen LogP contribution in [0.5, 0.6) is 0 Å². The topological polar surface area (TPSA) is 123 Å². The molecule has 0 spiro atoms. The summed E-state index contributed by atoms with van der Waals surface area (Å²) in [5.41, 5.74) is -0.670. The highest BCUT2D eigenvalue weighted by atomic mass is 32.2. The van der Waals surface area contributed by atoms with Gasteiger partial charge in [0, 0.05) is 12.1 Å². The van der Waals surface area contributed by atoms with Crippen molar-refractivity contribution in [2.24, 2.45) is 5.14 Å². The van der Waals surface area contributed by atoms with Crippen molar-refractivity contribution in [3.63, 3.8) is 0 Å². The van der Waals surface area contributed by atoms with E-state index in [1.807, 2.05) is 0 Å². The van der Waals surface area contributed by atoms with Gasteiger partial charge in [-0.2, -0.15) is 31.3 Å². The molecule has 0 aliphatic heterocycles. The molecular formula is C23H17F7N6O2S. The minimum absolute atomic E-state index is 0.0343. The van der Waals surface area contributed by atoms with Crippen molar-refractivity contribution in [3.8, 4) is 11.3 Å². The van der Waals surface area contributed by atoms with Crippen LogP contribution in [-0.4, -0.2) is 36.1 Å². The molecule has 16 heteroatoms. The Morgan fingerprint density at radius 1 is 0.846 bits per heavy atom. The van der Waals surface area contributed by atoms with Crippen molar-refractivity contribution in [2.75, 3.05) is 17.2 Å². The number of nitrogens with zero attached hydrogens (tertiary/aromatic N) is 3. The minimum atomic E-state index is -5.03. The molecule has 0 saturated carbocycles.